The van der Waals surface area contributed by atoms with Gasteiger partial charge in [0, 0.05) is 37.5 Å². The summed E-state index contributed by atoms with van der Waals surface area (Å²) in [5.74, 6) is 2.27. The Morgan fingerprint density at radius 3 is 2.66 bits per heavy atom. The first kappa shape index (κ1) is 23.3. The van der Waals surface area contributed by atoms with Gasteiger partial charge in [-0.1, -0.05) is 13.8 Å². The first-order chi connectivity index (χ1) is 15.3. The third-order valence-corrected chi connectivity index (χ3v) is 6.00. The number of nitrogens with two attached hydrogens (primary N) is 1. The van der Waals surface area contributed by atoms with Gasteiger partial charge >= 0.3 is 0 Å². The maximum absolute atomic E-state index is 12.4. The molecule has 2 heterocycles. The summed E-state index contributed by atoms with van der Waals surface area (Å²) in [6, 6.07) is 10.9. The van der Waals surface area contributed by atoms with Crippen LogP contribution >= 0.6 is 0 Å². The molecule has 0 bridgehead atoms. The molecule has 32 heavy (non-hydrogen) atoms. The highest BCUT2D eigenvalue weighted by molar-refractivity contribution is 5.97. The lowest BCUT2D eigenvalue weighted by atomic mass is 9.92. The molecule has 0 spiro atoms. The normalized spacial score (nSPS) is 17.8. The number of nitrogens with one attached hydrogen (secondary N) is 1. The van der Waals surface area contributed by atoms with Crippen LogP contribution < -0.4 is 16.0 Å². The molecule has 1 aromatic carbocycles. The van der Waals surface area contributed by atoms with Crippen LogP contribution in [0.4, 0.5) is 11.5 Å². The first-order valence-corrected chi connectivity index (χ1v) is 11.1. The Morgan fingerprint density at radius 2 is 2.06 bits per heavy atom. The molecule has 1 aliphatic heterocycles. The van der Waals surface area contributed by atoms with Gasteiger partial charge in [-0.05, 0) is 72.9 Å². The highest BCUT2D eigenvalue weighted by Gasteiger charge is 2.28. The monoisotopic (exact) mass is 433 g/mol. The molecule has 2 amide bonds. The SMILES string of the molecule is CC(=O)N1CC(C)Cc2cc(C(=O)NCC(C)C3CC3)ccc21.N#Cc1ccc(N)nc1. The zero-order chi connectivity index (χ0) is 23.3. The average molecular weight is 434 g/mol. The van der Waals surface area contributed by atoms with Crippen molar-refractivity contribution in [2.75, 3.05) is 23.7 Å². The highest BCUT2D eigenvalue weighted by Crippen LogP contribution is 2.36. The summed E-state index contributed by atoms with van der Waals surface area (Å²) in [6.07, 6.45) is 4.96. The number of nitrogens with zero attached hydrogens (tertiary/aromatic N) is 3. The lowest BCUT2D eigenvalue weighted by Crippen LogP contribution is -2.38. The van der Waals surface area contributed by atoms with Crippen molar-refractivity contribution in [3.8, 4) is 6.07 Å². The predicted octanol–water partition coefficient (Wildman–Crippen LogP) is 3.54. The first-order valence-electron chi connectivity index (χ1n) is 11.1. The summed E-state index contributed by atoms with van der Waals surface area (Å²) in [7, 11) is 0. The smallest absolute Gasteiger partial charge is 0.251 e. The number of amides is 2. The van der Waals surface area contributed by atoms with Gasteiger partial charge in [-0.15, -0.1) is 0 Å². The van der Waals surface area contributed by atoms with Gasteiger partial charge in [-0.2, -0.15) is 5.26 Å². The Labute approximate surface area is 189 Å². The van der Waals surface area contributed by atoms with Crippen LogP contribution in [0.15, 0.2) is 36.5 Å². The molecule has 2 aliphatic rings. The van der Waals surface area contributed by atoms with Crippen molar-refractivity contribution >= 4 is 23.3 Å². The van der Waals surface area contributed by atoms with E-state index >= 15 is 0 Å². The zero-order valence-electron chi connectivity index (χ0n) is 19.0. The van der Waals surface area contributed by atoms with Crippen molar-refractivity contribution in [1.29, 1.82) is 5.26 Å². The molecule has 1 aliphatic carbocycles. The van der Waals surface area contributed by atoms with E-state index in [-0.39, 0.29) is 11.8 Å². The van der Waals surface area contributed by atoms with Gasteiger partial charge in [0.1, 0.15) is 11.9 Å². The minimum atomic E-state index is -0.00657. The molecular weight excluding hydrogens is 402 g/mol. The summed E-state index contributed by atoms with van der Waals surface area (Å²) in [5, 5.41) is 11.4. The fraction of sp³-hybridized carbons (Fsp3) is 0.440. The highest BCUT2D eigenvalue weighted by atomic mass is 16.2. The van der Waals surface area contributed by atoms with Crippen LogP contribution in [0.25, 0.3) is 0 Å². The maximum Gasteiger partial charge on any atom is 0.251 e. The molecule has 7 heteroatoms. The number of hydrogen-bond acceptors (Lipinski definition) is 5. The van der Waals surface area contributed by atoms with Crippen LogP contribution in [0.2, 0.25) is 0 Å². The summed E-state index contributed by atoms with van der Waals surface area (Å²) in [4.78, 5) is 29.7. The zero-order valence-corrected chi connectivity index (χ0v) is 19.0. The van der Waals surface area contributed by atoms with Crippen LogP contribution in [0.1, 0.15) is 55.1 Å². The number of rotatable bonds is 4. The lowest BCUT2D eigenvalue weighted by Gasteiger charge is -2.32. The summed E-state index contributed by atoms with van der Waals surface area (Å²) >= 11 is 0. The van der Waals surface area contributed by atoms with E-state index in [1.165, 1.54) is 19.0 Å². The molecular formula is C25H31N5O2. The van der Waals surface area contributed by atoms with Gasteiger partial charge in [0.2, 0.25) is 5.91 Å². The molecule has 1 fully saturated rings. The van der Waals surface area contributed by atoms with Gasteiger partial charge in [0.05, 0.1) is 5.56 Å². The topological polar surface area (TPSA) is 112 Å². The second-order valence-electron chi connectivity index (χ2n) is 8.89. The number of carbonyl (C=O) groups is 2. The molecule has 7 nitrogen and oxygen atoms in total. The Bertz CT molecular complexity index is 1010. The Morgan fingerprint density at radius 1 is 1.31 bits per heavy atom. The number of fused-ring (bicyclic) bond motifs is 1. The van der Waals surface area contributed by atoms with E-state index in [0.29, 0.717) is 28.8 Å². The van der Waals surface area contributed by atoms with E-state index in [0.717, 1.165) is 36.7 Å². The maximum atomic E-state index is 12.4. The van der Waals surface area contributed by atoms with Crippen LogP contribution in [0, 0.1) is 29.1 Å². The molecule has 2 aromatic rings. The second kappa shape index (κ2) is 10.3. The second-order valence-corrected chi connectivity index (χ2v) is 8.89. The Kier molecular flexibility index (Phi) is 7.47. The number of nitriles is 1. The molecule has 0 saturated heterocycles. The number of pyridine rings is 1. The number of anilines is 2. The molecule has 0 radical (unpaired) electrons. The van der Waals surface area contributed by atoms with Crippen molar-refractivity contribution in [2.45, 2.75) is 40.0 Å². The van der Waals surface area contributed by atoms with E-state index in [9.17, 15) is 9.59 Å². The van der Waals surface area contributed by atoms with E-state index in [1.54, 1.807) is 19.1 Å². The van der Waals surface area contributed by atoms with Gasteiger partial charge < -0.3 is 16.0 Å². The van der Waals surface area contributed by atoms with Crippen LogP contribution in [0.3, 0.4) is 0 Å². The largest absolute Gasteiger partial charge is 0.384 e. The summed E-state index contributed by atoms with van der Waals surface area (Å²) in [5.41, 5.74) is 8.55. The minimum Gasteiger partial charge on any atom is -0.384 e. The molecule has 3 N–H and O–H groups in total. The standard InChI is InChI=1S/C19H26N2O2.C6H5N3/c1-12-8-17-9-16(6-7-18(17)21(11-12)14(3)22)19(23)20-10-13(2)15-4-5-15;7-3-5-1-2-6(8)9-4-5/h6-7,9,12-13,15H,4-5,8,10-11H2,1-3H3,(H,20,23);1-2,4H,(H2,8,9). The fourth-order valence-electron chi connectivity index (χ4n) is 3.96. The van der Waals surface area contributed by atoms with Gasteiger partial charge in [0.15, 0.2) is 0 Å². The molecule has 168 valence electrons. The number of benzene rings is 1. The van der Waals surface area contributed by atoms with Crippen molar-refractivity contribution in [3.63, 3.8) is 0 Å². The Balaban J connectivity index is 0.000000269. The molecule has 2 unspecified atom stereocenters. The third-order valence-electron chi connectivity index (χ3n) is 6.00. The lowest BCUT2D eigenvalue weighted by molar-refractivity contribution is -0.116. The number of hydrogen-bond donors (Lipinski definition) is 2. The molecule has 2 atom stereocenters. The van der Waals surface area contributed by atoms with Gasteiger partial charge in [-0.3, -0.25) is 9.59 Å². The average Bonchev–Trinajstić information content (AvgIpc) is 3.62. The van der Waals surface area contributed by atoms with E-state index in [4.69, 9.17) is 11.0 Å². The van der Waals surface area contributed by atoms with Crippen LogP contribution in [0.5, 0.6) is 0 Å². The summed E-state index contributed by atoms with van der Waals surface area (Å²) < 4.78 is 0. The van der Waals surface area contributed by atoms with Crippen molar-refractivity contribution < 1.29 is 9.59 Å². The number of carbonyl (C=O) groups excluding carboxylic acids is 2. The van der Waals surface area contributed by atoms with Crippen molar-refractivity contribution in [3.05, 3.63) is 53.2 Å². The van der Waals surface area contributed by atoms with Gasteiger partial charge in [-0.25, -0.2) is 4.98 Å². The van der Waals surface area contributed by atoms with Gasteiger partial charge in [0.25, 0.3) is 5.91 Å². The van der Waals surface area contributed by atoms with Crippen LogP contribution in [-0.4, -0.2) is 29.9 Å². The Hall–Kier alpha value is -3.40. The third kappa shape index (κ3) is 6.07. The number of nitrogen functional groups attached to an aromatic ring is 1. The van der Waals surface area contributed by atoms with E-state index < -0.39 is 0 Å². The summed E-state index contributed by atoms with van der Waals surface area (Å²) in [6.45, 7) is 7.45. The fourth-order valence-corrected chi connectivity index (χ4v) is 3.96. The van der Waals surface area contributed by atoms with E-state index in [2.05, 4.69) is 24.1 Å². The molecule has 4 rings (SSSR count). The molecule has 1 aromatic heterocycles. The number of aromatic nitrogens is 1. The van der Waals surface area contributed by atoms with Crippen molar-refractivity contribution in [1.82, 2.24) is 10.3 Å². The van der Waals surface area contributed by atoms with Crippen LogP contribution in [-0.2, 0) is 11.2 Å². The molecule has 1 saturated carbocycles. The minimum absolute atomic E-state index is 0.00657. The van der Waals surface area contributed by atoms with Crippen molar-refractivity contribution in [2.24, 2.45) is 17.8 Å². The quantitative estimate of drug-likeness (QED) is 0.766. The predicted molar refractivity (Wildman–Crippen MR) is 125 cm³/mol. The van der Waals surface area contributed by atoms with E-state index in [1.807, 2.05) is 29.2 Å².